The van der Waals surface area contributed by atoms with E-state index in [4.69, 9.17) is 4.74 Å². The van der Waals surface area contributed by atoms with E-state index in [1.165, 1.54) is 28.6 Å². The van der Waals surface area contributed by atoms with Crippen LogP contribution in [0.15, 0.2) is 59.5 Å². The minimum Gasteiger partial charge on any atom is -0.452 e. The molecule has 0 aliphatic rings. The Kier molecular flexibility index (Phi) is 8.56. The third kappa shape index (κ3) is 5.90. The van der Waals surface area contributed by atoms with Crippen molar-refractivity contribution in [1.82, 2.24) is 9.21 Å². The van der Waals surface area contributed by atoms with E-state index in [0.717, 1.165) is 5.56 Å². The summed E-state index contributed by atoms with van der Waals surface area (Å²) in [5, 5.41) is 0. The zero-order chi connectivity index (χ0) is 22.1. The molecule has 0 spiro atoms. The van der Waals surface area contributed by atoms with Crippen molar-refractivity contribution in [2.45, 2.75) is 32.2 Å². The number of benzene rings is 2. The third-order valence-electron chi connectivity index (χ3n) is 4.71. The Balaban J connectivity index is 1.98. The molecule has 0 aliphatic heterocycles. The summed E-state index contributed by atoms with van der Waals surface area (Å²) in [6, 6.07) is 15.1. The van der Waals surface area contributed by atoms with Crippen LogP contribution in [0, 0.1) is 0 Å². The summed E-state index contributed by atoms with van der Waals surface area (Å²) in [5.41, 5.74) is 1.18. The summed E-state index contributed by atoms with van der Waals surface area (Å²) in [7, 11) is -3.59. The molecule has 2 aromatic carbocycles. The molecule has 162 valence electrons. The number of hydrogen-bond donors (Lipinski definition) is 0. The van der Waals surface area contributed by atoms with Crippen LogP contribution in [0.4, 0.5) is 0 Å². The lowest BCUT2D eigenvalue weighted by Gasteiger charge is -2.21. The van der Waals surface area contributed by atoms with Crippen LogP contribution in [-0.2, 0) is 26.1 Å². The summed E-state index contributed by atoms with van der Waals surface area (Å²) in [4.78, 5) is 26.4. The molecule has 0 aromatic heterocycles. The van der Waals surface area contributed by atoms with E-state index in [1.54, 1.807) is 18.7 Å². The van der Waals surface area contributed by atoms with Crippen LogP contribution in [0.5, 0.6) is 0 Å². The highest BCUT2D eigenvalue weighted by molar-refractivity contribution is 7.89. The minimum absolute atomic E-state index is 0.110. The SMILES string of the molecule is CCN(Cc1ccccc1)C(=O)COC(=O)c1ccc(S(=O)(=O)N(CC)CC)cc1. The number of sulfonamides is 1. The first-order chi connectivity index (χ1) is 14.3. The summed E-state index contributed by atoms with van der Waals surface area (Å²) >= 11 is 0. The van der Waals surface area contributed by atoms with Crippen molar-refractivity contribution < 1.29 is 22.7 Å². The van der Waals surface area contributed by atoms with Crippen LogP contribution in [-0.4, -0.2) is 55.7 Å². The number of carbonyl (C=O) groups excluding carboxylic acids is 2. The third-order valence-corrected chi connectivity index (χ3v) is 6.77. The highest BCUT2D eigenvalue weighted by Gasteiger charge is 2.22. The van der Waals surface area contributed by atoms with Crippen molar-refractivity contribution >= 4 is 21.9 Å². The Morgan fingerprint density at radius 2 is 1.47 bits per heavy atom. The van der Waals surface area contributed by atoms with Gasteiger partial charge in [0.1, 0.15) is 0 Å². The lowest BCUT2D eigenvalue weighted by Crippen LogP contribution is -2.34. The molecule has 2 rings (SSSR count). The van der Waals surface area contributed by atoms with E-state index in [-0.39, 0.29) is 23.0 Å². The molecular weight excluding hydrogens is 404 g/mol. The second-order valence-electron chi connectivity index (χ2n) is 6.58. The van der Waals surface area contributed by atoms with Gasteiger partial charge in [0.05, 0.1) is 10.5 Å². The summed E-state index contributed by atoms with van der Waals surface area (Å²) in [6.07, 6.45) is 0. The molecule has 7 nitrogen and oxygen atoms in total. The van der Waals surface area contributed by atoms with Gasteiger partial charge in [0, 0.05) is 26.2 Å². The topological polar surface area (TPSA) is 84.0 Å². The molecule has 0 aliphatic carbocycles. The summed E-state index contributed by atoms with van der Waals surface area (Å²) in [5.74, 6) is -0.971. The van der Waals surface area contributed by atoms with Gasteiger partial charge in [-0.25, -0.2) is 13.2 Å². The van der Waals surface area contributed by atoms with Crippen molar-refractivity contribution in [3.8, 4) is 0 Å². The van der Waals surface area contributed by atoms with Crippen LogP contribution in [0.25, 0.3) is 0 Å². The first-order valence-electron chi connectivity index (χ1n) is 9.92. The molecular formula is C22H28N2O5S. The van der Waals surface area contributed by atoms with Crippen LogP contribution in [0.3, 0.4) is 0 Å². The van der Waals surface area contributed by atoms with Gasteiger partial charge in [0.15, 0.2) is 6.61 Å². The normalized spacial score (nSPS) is 11.3. The molecule has 0 unspecified atom stereocenters. The van der Waals surface area contributed by atoms with Gasteiger partial charge in [0.25, 0.3) is 5.91 Å². The number of likely N-dealkylation sites (N-methyl/N-ethyl adjacent to an activating group) is 1. The van der Waals surface area contributed by atoms with E-state index in [9.17, 15) is 18.0 Å². The lowest BCUT2D eigenvalue weighted by molar-refractivity contribution is -0.134. The van der Waals surface area contributed by atoms with E-state index >= 15 is 0 Å². The van der Waals surface area contributed by atoms with Crippen LogP contribution in [0.2, 0.25) is 0 Å². The van der Waals surface area contributed by atoms with Crippen molar-refractivity contribution in [3.05, 3.63) is 65.7 Å². The average Bonchev–Trinajstić information content (AvgIpc) is 2.77. The van der Waals surface area contributed by atoms with Crippen molar-refractivity contribution in [2.24, 2.45) is 0 Å². The Morgan fingerprint density at radius 1 is 0.867 bits per heavy atom. The molecule has 0 saturated carbocycles. The maximum Gasteiger partial charge on any atom is 0.338 e. The van der Waals surface area contributed by atoms with Gasteiger partial charge < -0.3 is 9.64 Å². The van der Waals surface area contributed by atoms with Crippen molar-refractivity contribution in [2.75, 3.05) is 26.2 Å². The average molecular weight is 433 g/mol. The van der Waals surface area contributed by atoms with Gasteiger partial charge in [-0.3, -0.25) is 4.79 Å². The van der Waals surface area contributed by atoms with Crippen molar-refractivity contribution in [1.29, 1.82) is 0 Å². The summed E-state index contributed by atoms with van der Waals surface area (Å²) in [6.45, 7) is 6.66. The van der Waals surface area contributed by atoms with Crippen molar-refractivity contribution in [3.63, 3.8) is 0 Å². The zero-order valence-electron chi connectivity index (χ0n) is 17.6. The van der Waals surface area contributed by atoms with Gasteiger partial charge >= 0.3 is 5.97 Å². The molecule has 2 aromatic rings. The highest BCUT2D eigenvalue weighted by atomic mass is 32.2. The second-order valence-corrected chi connectivity index (χ2v) is 8.52. The number of amides is 1. The molecule has 1 amide bonds. The number of nitrogens with zero attached hydrogens (tertiary/aromatic N) is 2. The smallest absolute Gasteiger partial charge is 0.338 e. The summed E-state index contributed by atoms with van der Waals surface area (Å²) < 4.78 is 31.5. The lowest BCUT2D eigenvalue weighted by atomic mass is 10.2. The minimum atomic E-state index is -3.59. The fourth-order valence-electron chi connectivity index (χ4n) is 2.96. The highest BCUT2D eigenvalue weighted by Crippen LogP contribution is 2.16. The number of esters is 1. The Morgan fingerprint density at radius 3 is 2.00 bits per heavy atom. The molecule has 8 heteroatoms. The maximum atomic E-state index is 12.5. The number of rotatable bonds is 10. The van der Waals surface area contributed by atoms with E-state index in [2.05, 4.69) is 0 Å². The monoisotopic (exact) mass is 432 g/mol. The van der Waals surface area contributed by atoms with Gasteiger partial charge in [-0.1, -0.05) is 44.2 Å². The Bertz CT molecular complexity index is 939. The Labute approximate surface area is 178 Å². The first kappa shape index (κ1) is 23.6. The molecule has 0 fully saturated rings. The second kappa shape index (κ2) is 10.9. The number of ether oxygens (including phenoxy) is 1. The Hall–Kier alpha value is -2.71. The zero-order valence-corrected chi connectivity index (χ0v) is 18.4. The van der Waals surface area contributed by atoms with E-state index in [0.29, 0.717) is 26.2 Å². The maximum absolute atomic E-state index is 12.5. The molecule has 0 heterocycles. The van der Waals surface area contributed by atoms with E-state index < -0.39 is 16.0 Å². The largest absolute Gasteiger partial charge is 0.452 e. The van der Waals surface area contributed by atoms with Crippen LogP contribution in [0.1, 0.15) is 36.7 Å². The molecule has 0 radical (unpaired) electrons. The molecule has 0 atom stereocenters. The predicted molar refractivity (Wildman–Crippen MR) is 114 cm³/mol. The molecule has 30 heavy (non-hydrogen) atoms. The van der Waals surface area contributed by atoms with Gasteiger partial charge in [-0.2, -0.15) is 4.31 Å². The van der Waals surface area contributed by atoms with Gasteiger partial charge in [-0.05, 0) is 36.8 Å². The number of carbonyl (C=O) groups is 2. The standard InChI is InChI=1S/C22H28N2O5S/c1-4-23(16-18-10-8-7-9-11-18)21(25)17-29-22(26)19-12-14-20(15-13-19)30(27,28)24(5-2)6-3/h7-15H,4-6,16-17H2,1-3H3. The molecule has 0 N–H and O–H groups in total. The predicted octanol–water partition coefficient (Wildman–Crippen LogP) is 2.92. The van der Waals surface area contributed by atoms with Crippen LogP contribution >= 0.6 is 0 Å². The first-order valence-corrected chi connectivity index (χ1v) is 11.4. The van der Waals surface area contributed by atoms with E-state index in [1.807, 2.05) is 37.3 Å². The van der Waals surface area contributed by atoms with Gasteiger partial charge in [-0.15, -0.1) is 0 Å². The fraction of sp³-hybridized carbons (Fsp3) is 0.364. The molecule has 0 bridgehead atoms. The quantitative estimate of drug-likeness (QED) is 0.539. The van der Waals surface area contributed by atoms with Gasteiger partial charge in [0.2, 0.25) is 10.0 Å². The molecule has 0 saturated heterocycles. The van der Waals surface area contributed by atoms with Crippen LogP contribution < -0.4 is 0 Å². The fourth-order valence-corrected chi connectivity index (χ4v) is 4.42. The number of hydrogen-bond acceptors (Lipinski definition) is 5.